The number of nitrogens with one attached hydrogen (secondary N) is 1. The first-order valence-electron chi connectivity index (χ1n) is 6.84. The van der Waals surface area contributed by atoms with Crippen molar-refractivity contribution in [2.45, 2.75) is 13.5 Å². The number of H-pyrrole nitrogens is 1. The summed E-state index contributed by atoms with van der Waals surface area (Å²) in [6, 6.07) is 10.2. The average Bonchev–Trinajstić information content (AvgIpc) is 2.79. The number of nitrogen functional groups attached to an aromatic ring is 1. The van der Waals surface area contributed by atoms with Crippen molar-refractivity contribution in [3.05, 3.63) is 64.3 Å². The van der Waals surface area contributed by atoms with Gasteiger partial charge in [-0.1, -0.05) is 12.1 Å². The molecule has 22 heavy (non-hydrogen) atoms. The van der Waals surface area contributed by atoms with E-state index in [4.69, 9.17) is 5.73 Å². The third-order valence-corrected chi connectivity index (χ3v) is 3.54. The highest BCUT2D eigenvalue weighted by atomic mass is 16.3. The molecule has 1 aromatic carbocycles. The van der Waals surface area contributed by atoms with Crippen LogP contribution in [0.15, 0.2) is 47.4 Å². The van der Waals surface area contributed by atoms with Crippen LogP contribution in [0.3, 0.4) is 0 Å². The molecule has 3 rings (SSSR count). The second-order valence-electron chi connectivity index (χ2n) is 5.12. The standard InChI is InChI=1S/C16H16N4O2/c1-10-8-18-16(17)20(10)9-12-5-6-14(15(22)19-12)11-3-2-4-13(21)7-11/h2-8,21H,9H2,1H3,(H2,17,18)(H,19,22). The zero-order chi connectivity index (χ0) is 15.7. The number of hydrogen-bond acceptors (Lipinski definition) is 4. The van der Waals surface area contributed by atoms with Gasteiger partial charge in [-0.25, -0.2) is 4.98 Å². The minimum Gasteiger partial charge on any atom is -0.508 e. The highest BCUT2D eigenvalue weighted by molar-refractivity contribution is 5.63. The highest BCUT2D eigenvalue weighted by Gasteiger charge is 2.08. The van der Waals surface area contributed by atoms with Crippen molar-refractivity contribution in [1.82, 2.24) is 14.5 Å². The molecule has 3 aromatic rings. The van der Waals surface area contributed by atoms with Crippen molar-refractivity contribution in [2.24, 2.45) is 0 Å². The minimum absolute atomic E-state index is 0.128. The Balaban J connectivity index is 1.95. The Kier molecular flexibility index (Phi) is 3.42. The maximum atomic E-state index is 12.3. The van der Waals surface area contributed by atoms with Crippen LogP contribution in [-0.2, 0) is 6.54 Å². The number of phenols is 1. The van der Waals surface area contributed by atoms with Gasteiger partial charge in [-0.3, -0.25) is 4.79 Å². The van der Waals surface area contributed by atoms with Gasteiger partial charge < -0.3 is 20.4 Å². The second-order valence-corrected chi connectivity index (χ2v) is 5.12. The van der Waals surface area contributed by atoms with E-state index < -0.39 is 0 Å². The molecule has 4 N–H and O–H groups in total. The number of nitrogens with zero attached hydrogens (tertiary/aromatic N) is 2. The summed E-state index contributed by atoms with van der Waals surface area (Å²) in [5.74, 6) is 0.540. The Hall–Kier alpha value is -3.02. The van der Waals surface area contributed by atoms with E-state index >= 15 is 0 Å². The molecule has 0 unspecified atom stereocenters. The number of rotatable bonds is 3. The van der Waals surface area contributed by atoms with Gasteiger partial charge >= 0.3 is 0 Å². The number of pyridine rings is 1. The number of nitrogens with two attached hydrogens (primary N) is 1. The first-order valence-corrected chi connectivity index (χ1v) is 6.84. The fourth-order valence-electron chi connectivity index (χ4n) is 2.36. The number of imidazole rings is 1. The summed E-state index contributed by atoms with van der Waals surface area (Å²) in [5, 5.41) is 9.52. The molecule has 0 fully saturated rings. The lowest BCUT2D eigenvalue weighted by molar-refractivity contribution is 0.475. The summed E-state index contributed by atoms with van der Waals surface area (Å²) in [4.78, 5) is 19.1. The number of aromatic hydroxyl groups is 1. The molecule has 112 valence electrons. The van der Waals surface area contributed by atoms with E-state index in [1.54, 1.807) is 36.5 Å². The van der Waals surface area contributed by atoms with Gasteiger partial charge in [0.1, 0.15) is 5.75 Å². The van der Waals surface area contributed by atoms with Gasteiger partial charge in [0.2, 0.25) is 5.95 Å². The summed E-state index contributed by atoms with van der Waals surface area (Å²) in [6.45, 7) is 2.36. The second kappa shape index (κ2) is 5.40. The van der Waals surface area contributed by atoms with Gasteiger partial charge in [0, 0.05) is 17.0 Å². The molecule has 2 aromatic heterocycles. The zero-order valence-electron chi connectivity index (χ0n) is 12.1. The van der Waals surface area contributed by atoms with Crippen molar-refractivity contribution in [3.63, 3.8) is 0 Å². The van der Waals surface area contributed by atoms with Crippen LogP contribution in [0.5, 0.6) is 5.75 Å². The molecular formula is C16H16N4O2. The maximum Gasteiger partial charge on any atom is 0.256 e. The molecule has 6 heteroatoms. The van der Waals surface area contributed by atoms with E-state index in [2.05, 4.69) is 9.97 Å². The number of aromatic amines is 1. The van der Waals surface area contributed by atoms with Crippen LogP contribution < -0.4 is 11.3 Å². The van der Waals surface area contributed by atoms with E-state index in [0.29, 0.717) is 23.6 Å². The fourth-order valence-corrected chi connectivity index (χ4v) is 2.36. The number of hydrogen-bond donors (Lipinski definition) is 3. The summed E-state index contributed by atoms with van der Waals surface area (Å²) in [7, 11) is 0. The molecule has 0 atom stereocenters. The molecule has 0 bridgehead atoms. The van der Waals surface area contributed by atoms with Gasteiger partial charge in [-0.05, 0) is 36.8 Å². The predicted octanol–water partition coefficient (Wildman–Crippen LogP) is 1.88. The number of aromatic nitrogens is 3. The normalized spacial score (nSPS) is 10.8. The first-order chi connectivity index (χ1) is 10.5. The molecule has 0 aliphatic heterocycles. The van der Waals surface area contributed by atoms with Crippen molar-refractivity contribution in [1.29, 1.82) is 0 Å². The molecule has 0 aliphatic rings. The van der Waals surface area contributed by atoms with Crippen molar-refractivity contribution in [2.75, 3.05) is 5.73 Å². The molecular weight excluding hydrogens is 280 g/mol. The lowest BCUT2D eigenvalue weighted by Gasteiger charge is -2.08. The molecule has 0 spiro atoms. The van der Waals surface area contributed by atoms with Crippen molar-refractivity contribution < 1.29 is 5.11 Å². The third-order valence-electron chi connectivity index (χ3n) is 3.54. The van der Waals surface area contributed by atoms with Crippen LogP contribution in [0, 0.1) is 6.92 Å². The largest absolute Gasteiger partial charge is 0.508 e. The molecule has 0 aliphatic carbocycles. The molecule has 0 radical (unpaired) electrons. The van der Waals surface area contributed by atoms with Gasteiger partial charge in [0.15, 0.2) is 0 Å². The summed E-state index contributed by atoms with van der Waals surface area (Å²) in [5.41, 5.74) is 8.43. The molecule has 0 saturated carbocycles. The van der Waals surface area contributed by atoms with Crippen LogP contribution in [0.25, 0.3) is 11.1 Å². The summed E-state index contributed by atoms with van der Waals surface area (Å²) in [6.07, 6.45) is 1.69. The summed E-state index contributed by atoms with van der Waals surface area (Å²) >= 11 is 0. The van der Waals surface area contributed by atoms with Crippen LogP contribution >= 0.6 is 0 Å². The van der Waals surface area contributed by atoms with Crippen LogP contribution in [-0.4, -0.2) is 19.6 Å². The van der Waals surface area contributed by atoms with E-state index in [1.807, 2.05) is 17.6 Å². The van der Waals surface area contributed by atoms with Crippen LogP contribution in [0.4, 0.5) is 5.95 Å². The number of anilines is 1. The molecule has 6 nitrogen and oxygen atoms in total. The van der Waals surface area contributed by atoms with E-state index in [0.717, 1.165) is 11.4 Å². The lowest BCUT2D eigenvalue weighted by atomic mass is 10.1. The average molecular weight is 296 g/mol. The van der Waals surface area contributed by atoms with Gasteiger partial charge in [-0.15, -0.1) is 0 Å². The van der Waals surface area contributed by atoms with E-state index in [1.165, 1.54) is 0 Å². The quantitative estimate of drug-likeness (QED) is 0.687. The van der Waals surface area contributed by atoms with E-state index in [9.17, 15) is 9.90 Å². The fraction of sp³-hybridized carbons (Fsp3) is 0.125. The molecule has 0 amide bonds. The van der Waals surface area contributed by atoms with Crippen LogP contribution in [0.2, 0.25) is 0 Å². The van der Waals surface area contributed by atoms with Gasteiger partial charge in [0.05, 0.1) is 12.7 Å². The Bertz CT molecular complexity index is 860. The smallest absolute Gasteiger partial charge is 0.256 e. The zero-order valence-corrected chi connectivity index (χ0v) is 12.1. The number of benzene rings is 1. The SMILES string of the molecule is Cc1cnc(N)n1Cc1ccc(-c2cccc(O)c2)c(=O)[nH]1. The number of phenolic OH excluding ortho intramolecular Hbond substituents is 1. The third kappa shape index (κ3) is 2.58. The highest BCUT2D eigenvalue weighted by Crippen LogP contribution is 2.20. The first kappa shape index (κ1) is 13.9. The predicted molar refractivity (Wildman–Crippen MR) is 84.6 cm³/mol. The van der Waals surface area contributed by atoms with Gasteiger partial charge in [-0.2, -0.15) is 0 Å². The Morgan fingerprint density at radius 1 is 1.32 bits per heavy atom. The summed E-state index contributed by atoms with van der Waals surface area (Å²) < 4.78 is 1.82. The maximum absolute atomic E-state index is 12.3. The number of aryl methyl sites for hydroxylation is 1. The minimum atomic E-state index is -0.209. The van der Waals surface area contributed by atoms with E-state index in [-0.39, 0.29) is 11.3 Å². The monoisotopic (exact) mass is 296 g/mol. The Labute approximate surface area is 126 Å². The Morgan fingerprint density at radius 2 is 2.14 bits per heavy atom. The Morgan fingerprint density at radius 3 is 2.77 bits per heavy atom. The van der Waals surface area contributed by atoms with Crippen molar-refractivity contribution >= 4 is 5.95 Å². The topological polar surface area (TPSA) is 96.9 Å². The lowest BCUT2D eigenvalue weighted by Crippen LogP contribution is -2.14. The van der Waals surface area contributed by atoms with Crippen LogP contribution in [0.1, 0.15) is 11.4 Å². The molecule has 2 heterocycles. The van der Waals surface area contributed by atoms with Crippen molar-refractivity contribution in [3.8, 4) is 16.9 Å². The molecule has 0 saturated heterocycles. The van der Waals surface area contributed by atoms with Gasteiger partial charge in [0.25, 0.3) is 5.56 Å².